The van der Waals surface area contributed by atoms with Crippen molar-refractivity contribution in [2.24, 2.45) is 11.7 Å². The molecule has 17 heavy (non-hydrogen) atoms. The number of carbonyl (C=O) groups excluding carboxylic acids is 1. The summed E-state index contributed by atoms with van der Waals surface area (Å²) >= 11 is 0. The molecule has 0 heterocycles. The van der Waals surface area contributed by atoms with E-state index in [0.717, 1.165) is 16.8 Å². The van der Waals surface area contributed by atoms with Crippen LogP contribution in [-0.4, -0.2) is 11.9 Å². The summed E-state index contributed by atoms with van der Waals surface area (Å²) in [6, 6.07) is 5.51. The Labute approximate surface area is 103 Å². The van der Waals surface area contributed by atoms with Gasteiger partial charge in [0.1, 0.15) is 0 Å². The van der Waals surface area contributed by atoms with Crippen LogP contribution >= 0.6 is 0 Å². The Kier molecular flexibility index (Phi) is 4.70. The van der Waals surface area contributed by atoms with E-state index >= 15 is 0 Å². The molecule has 3 nitrogen and oxygen atoms in total. The third-order valence-corrected chi connectivity index (χ3v) is 2.79. The van der Waals surface area contributed by atoms with Gasteiger partial charge in [0.15, 0.2) is 0 Å². The number of anilines is 1. The zero-order valence-electron chi connectivity index (χ0n) is 11.1. The molecule has 0 fully saturated rings. The van der Waals surface area contributed by atoms with Crippen molar-refractivity contribution in [3.8, 4) is 0 Å². The molecule has 0 unspecified atom stereocenters. The molecule has 1 atom stereocenters. The fraction of sp³-hybridized carbons (Fsp3) is 0.500. The average Bonchev–Trinajstić information content (AvgIpc) is 2.22. The second-order valence-electron chi connectivity index (χ2n) is 4.99. The topological polar surface area (TPSA) is 55.1 Å². The molecule has 1 amide bonds. The van der Waals surface area contributed by atoms with Crippen molar-refractivity contribution in [2.45, 2.75) is 40.2 Å². The Hall–Kier alpha value is -1.35. The number of rotatable bonds is 4. The molecule has 0 spiro atoms. The van der Waals surface area contributed by atoms with Gasteiger partial charge in [-0.2, -0.15) is 0 Å². The molecular weight excluding hydrogens is 212 g/mol. The minimum absolute atomic E-state index is 0.101. The van der Waals surface area contributed by atoms with E-state index in [9.17, 15) is 4.79 Å². The van der Waals surface area contributed by atoms with Gasteiger partial charge in [0.05, 0.1) is 6.04 Å². The average molecular weight is 234 g/mol. The lowest BCUT2D eigenvalue weighted by molar-refractivity contribution is -0.117. The first-order valence-corrected chi connectivity index (χ1v) is 6.04. The zero-order valence-corrected chi connectivity index (χ0v) is 11.1. The summed E-state index contributed by atoms with van der Waals surface area (Å²) < 4.78 is 0. The van der Waals surface area contributed by atoms with Gasteiger partial charge in [0.2, 0.25) is 5.91 Å². The van der Waals surface area contributed by atoms with E-state index in [2.05, 4.69) is 19.2 Å². The maximum absolute atomic E-state index is 11.9. The van der Waals surface area contributed by atoms with Gasteiger partial charge in [0.25, 0.3) is 0 Å². The molecule has 0 bridgehead atoms. The Balaban J connectivity index is 2.74. The van der Waals surface area contributed by atoms with Gasteiger partial charge in [-0.05, 0) is 37.3 Å². The van der Waals surface area contributed by atoms with Crippen LogP contribution in [0, 0.1) is 19.8 Å². The fourth-order valence-electron chi connectivity index (χ4n) is 1.84. The smallest absolute Gasteiger partial charge is 0.241 e. The summed E-state index contributed by atoms with van der Waals surface area (Å²) in [4.78, 5) is 11.9. The van der Waals surface area contributed by atoms with E-state index in [1.165, 1.54) is 0 Å². The predicted molar refractivity (Wildman–Crippen MR) is 72.0 cm³/mol. The van der Waals surface area contributed by atoms with Crippen molar-refractivity contribution in [1.29, 1.82) is 0 Å². The molecule has 1 rings (SSSR count). The van der Waals surface area contributed by atoms with Gasteiger partial charge in [-0.3, -0.25) is 4.79 Å². The second kappa shape index (κ2) is 5.82. The van der Waals surface area contributed by atoms with Crippen LogP contribution in [0.2, 0.25) is 0 Å². The minimum atomic E-state index is -0.436. The molecule has 0 aliphatic carbocycles. The first kappa shape index (κ1) is 13.7. The van der Waals surface area contributed by atoms with E-state index in [1.54, 1.807) is 0 Å². The standard InChI is InChI=1S/C14H22N2O/c1-9(2)8-12(15)14(17)16-13-10(3)6-5-7-11(13)4/h5-7,9,12H,8,15H2,1-4H3,(H,16,17)/t12-/m1/s1. The van der Waals surface area contributed by atoms with E-state index in [-0.39, 0.29) is 5.91 Å². The molecule has 0 aromatic heterocycles. The summed E-state index contributed by atoms with van der Waals surface area (Å²) in [6.07, 6.45) is 0.705. The van der Waals surface area contributed by atoms with Crippen LogP contribution in [0.15, 0.2) is 18.2 Å². The first-order valence-electron chi connectivity index (χ1n) is 6.04. The van der Waals surface area contributed by atoms with Crippen LogP contribution in [0.4, 0.5) is 5.69 Å². The van der Waals surface area contributed by atoms with Crippen LogP contribution in [0.3, 0.4) is 0 Å². The van der Waals surface area contributed by atoms with Crippen molar-refractivity contribution < 1.29 is 4.79 Å². The number of hydrogen-bond acceptors (Lipinski definition) is 2. The zero-order chi connectivity index (χ0) is 13.0. The van der Waals surface area contributed by atoms with Crippen molar-refractivity contribution in [3.63, 3.8) is 0 Å². The molecule has 1 aromatic carbocycles. The number of hydrogen-bond donors (Lipinski definition) is 2. The summed E-state index contributed by atoms with van der Waals surface area (Å²) in [7, 11) is 0. The normalized spacial score (nSPS) is 12.6. The molecule has 3 heteroatoms. The number of benzene rings is 1. The van der Waals surface area contributed by atoms with Crippen LogP contribution < -0.4 is 11.1 Å². The number of carbonyl (C=O) groups is 1. The lowest BCUT2D eigenvalue weighted by Crippen LogP contribution is -2.37. The Bertz CT molecular complexity index is 379. The van der Waals surface area contributed by atoms with E-state index in [0.29, 0.717) is 12.3 Å². The number of nitrogens with two attached hydrogens (primary N) is 1. The molecule has 1 aromatic rings. The molecule has 0 saturated carbocycles. The fourth-order valence-corrected chi connectivity index (χ4v) is 1.84. The van der Waals surface area contributed by atoms with Crippen molar-refractivity contribution >= 4 is 11.6 Å². The van der Waals surface area contributed by atoms with Crippen LogP contribution in [0.1, 0.15) is 31.4 Å². The van der Waals surface area contributed by atoms with Crippen LogP contribution in [0.5, 0.6) is 0 Å². The van der Waals surface area contributed by atoms with Crippen LogP contribution in [0.25, 0.3) is 0 Å². The summed E-state index contributed by atoms with van der Waals surface area (Å²) in [5.41, 5.74) is 8.87. The van der Waals surface area contributed by atoms with E-state index < -0.39 is 6.04 Å². The highest BCUT2D eigenvalue weighted by Crippen LogP contribution is 2.19. The van der Waals surface area contributed by atoms with Gasteiger partial charge in [-0.1, -0.05) is 32.0 Å². The molecule has 0 aliphatic heterocycles. The summed E-state index contributed by atoms with van der Waals surface area (Å²) in [5.74, 6) is 0.324. The molecule has 0 saturated heterocycles. The highest BCUT2D eigenvalue weighted by molar-refractivity contribution is 5.95. The van der Waals surface area contributed by atoms with Crippen LogP contribution in [-0.2, 0) is 4.79 Å². The Morgan fingerprint density at radius 1 is 1.29 bits per heavy atom. The third-order valence-electron chi connectivity index (χ3n) is 2.79. The van der Waals surface area contributed by atoms with E-state index in [4.69, 9.17) is 5.73 Å². The maximum Gasteiger partial charge on any atom is 0.241 e. The molecule has 3 N–H and O–H groups in total. The van der Waals surface area contributed by atoms with E-state index in [1.807, 2.05) is 32.0 Å². The molecule has 94 valence electrons. The third kappa shape index (κ3) is 3.86. The Morgan fingerprint density at radius 3 is 2.29 bits per heavy atom. The quantitative estimate of drug-likeness (QED) is 0.841. The second-order valence-corrected chi connectivity index (χ2v) is 4.99. The Morgan fingerprint density at radius 2 is 1.82 bits per heavy atom. The number of nitrogens with one attached hydrogen (secondary N) is 1. The summed E-state index contributed by atoms with van der Waals surface area (Å²) in [5, 5.41) is 2.92. The first-order chi connectivity index (χ1) is 7.91. The van der Waals surface area contributed by atoms with Crippen molar-refractivity contribution in [2.75, 3.05) is 5.32 Å². The van der Waals surface area contributed by atoms with Gasteiger partial charge in [-0.15, -0.1) is 0 Å². The number of amides is 1. The SMILES string of the molecule is Cc1cccc(C)c1NC(=O)[C@H](N)CC(C)C. The van der Waals surface area contributed by atoms with Crippen molar-refractivity contribution in [3.05, 3.63) is 29.3 Å². The highest BCUT2D eigenvalue weighted by Gasteiger charge is 2.16. The maximum atomic E-state index is 11.9. The minimum Gasteiger partial charge on any atom is -0.324 e. The summed E-state index contributed by atoms with van der Waals surface area (Å²) in [6.45, 7) is 8.09. The molecule has 0 radical (unpaired) electrons. The predicted octanol–water partition coefficient (Wildman–Crippen LogP) is 2.62. The largest absolute Gasteiger partial charge is 0.324 e. The monoisotopic (exact) mass is 234 g/mol. The highest BCUT2D eigenvalue weighted by atomic mass is 16.2. The van der Waals surface area contributed by atoms with Gasteiger partial charge >= 0.3 is 0 Å². The van der Waals surface area contributed by atoms with Gasteiger partial charge in [-0.25, -0.2) is 0 Å². The molecular formula is C14H22N2O. The molecule has 0 aliphatic rings. The number of para-hydroxylation sites is 1. The van der Waals surface area contributed by atoms with Gasteiger partial charge < -0.3 is 11.1 Å². The lowest BCUT2D eigenvalue weighted by Gasteiger charge is -2.16. The van der Waals surface area contributed by atoms with Crippen molar-refractivity contribution in [1.82, 2.24) is 0 Å². The van der Waals surface area contributed by atoms with Gasteiger partial charge in [0, 0.05) is 5.69 Å². The number of aryl methyl sites for hydroxylation is 2. The lowest BCUT2D eigenvalue weighted by atomic mass is 10.0.